The van der Waals surface area contributed by atoms with Gasteiger partial charge in [0.1, 0.15) is 0 Å². The molecule has 0 radical (unpaired) electrons. The summed E-state index contributed by atoms with van der Waals surface area (Å²) in [5.41, 5.74) is 5.80. The molecule has 2 heterocycles. The first kappa shape index (κ1) is 30.3. The van der Waals surface area contributed by atoms with Crippen molar-refractivity contribution in [3.8, 4) is 45.4 Å². The number of pyridine rings is 1. The fourth-order valence-corrected chi connectivity index (χ4v) is 8.01. The first-order valence-corrected chi connectivity index (χ1v) is 18.2. The number of nitrogens with zero attached hydrogens (tertiary/aromatic N) is 4. The molecule has 0 spiro atoms. The molecular weight excluding hydrogens is 657 g/mol. The van der Waals surface area contributed by atoms with Crippen molar-refractivity contribution in [2.45, 2.75) is 0 Å². The monoisotopic (exact) mass is 686 g/mol. The van der Waals surface area contributed by atoms with Crippen LogP contribution in [-0.4, -0.2) is 19.9 Å². The van der Waals surface area contributed by atoms with Crippen LogP contribution in [0, 0.1) is 0 Å². The molecule has 0 N–H and O–H groups in total. The van der Waals surface area contributed by atoms with Crippen molar-refractivity contribution in [1.82, 2.24) is 19.9 Å². The predicted octanol–water partition coefficient (Wildman–Crippen LogP) is 12.9. The van der Waals surface area contributed by atoms with Crippen molar-refractivity contribution in [3.63, 3.8) is 0 Å². The Balaban J connectivity index is 1.08. The topological polar surface area (TPSA) is 51.6 Å². The number of aromatic nitrogens is 4. The molecule has 0 bridgehead atoms. The van der Waals surface area contributed by atoms with Gasteiger partial charge >= 0.3 is 0 Å². The summed E-state index contributed by atoms with van der Waals surface area (Å²) >= 11 is 0. The third-order valence-corrected chi connectivity index (χ3v) is 10.6. The van der Waals surface area contributed by atoms with Gasteiger partial charge in [0.25, 0.3) is 0 Å². The van der Waals surface area contributed by atoms with Crippen molar-refractivity contribution in [1.29, 1.82) is 0 Å². The van der Waals surface area contributed by atoms with Gasteiger partial charge in [0, 0.05) is 38.4 Å². The Morgan fingerprint density at radius 1 is 0.259 bits per heavy atom. The number of fused-ring (bicyclic) bond motifs is 10. The summed E-state index contributed by atoms with van der Waals surface area (Å²) < 4.78 is 0. The van der Waals surface area contributed by atoms with E-state index in [1.54, 1.807) is 0 Å². The molecule has 0 aliphatic rings. The minimum absolute atomic E-state index is 0.622. The van der Waals surface area contributed by atoms with Crippen LogP contribution in [0.5, 0.6) is 0 Å². The van der Waals surface area contributed by atoms with Crippen molar-refractivity contribution < 1.29 is 0 Å². The second kappa shape index (κ2) is 12.1. The van der Waals surface area contributed by atoms with E-state index in [9.17, 15) is 0 Å². The van der Waals surface area contributed by atoms with E-state index >= 15 is 0 Å². The zero-order valence-corrected chi connectivity index (χ0v) is 29.1. The van der Waals surface area contributed by atoms with Gasteiger partial charge in [-0.05, 0) is 55.2 Å². The average molecular weight is 687 g/mol. The fourth-order valence-electron chi connectivity index (χ4n) is 8.01. The van der Waals surface area contributed by atoms with Gasteiger partial charge in [-0.3, -0.25) is 0 Å². The number of rotatable bonds is 4. The van der Waals surface area contributed by atoms with Crippen molar-refractivity contribution >= 4 is 64.8 Å². The van der Waals surface area contributed by atoms with Gasteiger partial charge in [0.2, 0.25) is 0 Å². The van der Waals surface area contributed by atoms with Gasteiger partial charge in [0.15, 0.2) is 17.5 Å². The van der Waals surface area contributed by atoms with Crippen LogP contribution in [0.25, 0.3) is 110 Å². The Morgan fingerprint density at radius 2 is 0.648 bits per heavy atom. The lowest BCUT2D eigenvalue weighted by Gasteiger charge is -2.15. The van der Waals surface area contributed by atoms with E-state index in [4.69, 9.17) is 19.9 Å². The van der Waals surface area contributed by atoms with Gasteiger partial charge in [-0.15, -0.1) is 0 Å². The highest BCUT2D eigenvalue weighted by Gasteiger charge is 2.18. The molecule has 0 fully saturated rings. The standard InChI is InChI=1S/C50H30N4/c1-3-13-35-29-37(27-21-31(35)11-1)49-52-48(53-50(54-49)38-28-22-32-12-2-4-14-36(32)30-38)34-25-23-33(24-26-34)46-44-20-10-8-18-42(44)45-41-17-7-5-15-39(41)40-16-6-9-19-43(40)47(45)51-46/h1-30H. The van der Waals surface area contributed by atoms with Crippen molar-refractivity contribution in [3.05, 3.63) is 182 Å². The van der Waals surface area contributed by atoms with Gasteiger partial charge in [-0.1, -0.05) is 170 Å². The summed E-state index contributed by atoms with van der Waals surface area (Å²) in [5.74, 6) is 1.90. The molecule has 0 saturated carbocycles. The third kappa shape index (κ3) is 4.92. The highest BCUT2D eigenvalue weighted by atomic mass is 15.0. The normalized spacial score (nSPS) is 11.7. The minimum Gasteiger partial charge on any atom is -0.246 e. The molecule has 9 aromatic carbocycles. The van der Waals surface area contributed by atoms with Crippen LogP contribution in [0.3, 0.4) is 0 Å². The van der Waals surface area contributed by atoms with Crippen LogP contribution < -0.4 is 0 Å². The van der Waals surface area contributed by atoms with Crippen LogP contribution in [0.15, 0.2) is 182 Å². The Kier molecular flexibility index (Phi) is 6.82. The van der Waals surface area contributed by atoms with Crippen LogP contribution >= 0.6 is 0 Å². The summed E-state index contributed by atoms with van der Waals surface area (Å²) in [6.45, 7) is 0. The second-order valence-electron chi connectivity index (χ2n) is 13.8. The third-order valence-electron chi connectivity index (χ3n) is 10.6. The lowest BCUT2D eigenvalue weighted by Crippen LogP contribution is -2.00. The van der Waals surface area contributed by atoms with Crippen LogP contribution in [0.1, 0.15) is 0 Å². The van der Waals surface area contributed by atoms with E-state index in [0.29, 0.717) is 17.5 Å². The Bertz CT molecular complexity index is 3180. The lowest BCUT2D eigenvalue weighted by molar-refractivity contribution is 1.08. The summed E-state index contributed by atoms with van der Waals surface area (Å²) in [7, 11) is 0. The highest BCUT2D eigenvalue weighted by molar-refractivity contribution is 6.31. The number of hydrogen-bond acceptors (Lipinski definition) is 4. The fraction of sp³-hybridized carbons (Fsp3) is 0. The van der Waals surface area contributed by atoms with Crippen LogP contribution in [-0.2, 0) is 0 Å². The Morgan fingerprint density at radius 3 is 1.22 bits per heavy atom. The van der Waals surface area contributed by atoms with E-state index in [0.717, 1.165) is 55.0 Å². The predicted molar refractivity (Wildman–Crippen MR) is 224 cm³/mol. The SMILES string of the molecule is c1ccc2cc(-c3nc(-c4ccc(-c5nc6c7ccccc7c7ccccc7c6c6ccccc56)cc4)nc(-c4ccc5ccccc5c4)n3)ccc2c1. The van der Waals surface area contributed by atoms with Crippen molar-refractivity contribution in [2.75, 3.05) is 0 Å². The molecule has 0 atom stereocenters. The maximum atomic E-state index is 5.47. The zero-order valence-electron chi connectivity index (χ0n) is 29.1. The summed E-state index contributed by atoms with van der Waals surface area (Å²) in [6.07, 6.45) is 0. The molecule has 0 aliphatic heterocycles. The van der Waals surface area contributed by atoms with Gasteiger partial charge in [0.05, 0.1) is 11.2 Å². The number of benzene rings is 9. The Labute approximate surface area is 311 Å². The molecular formula is C50H30N4. The maximum Gasteiger partial charge on any atom is 0.164 e. The van der Waals surface area contributed by atoms with Gasteiger partial charge in [-0.25, -0.2) is 19.9 Å². The van der Waals surface area contributed by atoms with Crippen LogP contribution in [0.2, 0.25) is 0 Å². The Hall–Kier alpha value is -7.30. The van der Waals surface area contributed by atoms with E-state index in [-0.39, 0.29) is 0 Å². The molecule has 0 saturated heterocycles. The zero-order chi connectivity index (χ0) is 35.6. The molecule has 0 amide bonds. The van der Waals surface area contributed by atoms with E-state index in [1.165, 1.54) is 37.7 Å². The van der Waals surface area contributed by atoms with E-state index in [1.807, 2.05) is 0 Å². The highest BCUT2D eigenvalue weighted by Crippen LogP contribution is 2.41. The molecule has 11 aromatic rings. The van der Waals surface area contributed by atoms with Crippen LogP contribution in [0.4, 0.5) is 0 Å². The van der Waals surface area contributed by atoms with E-state index in [2.05, 4.69) is 182 Å². The lowest BCUT2D eigenvalue weighted by atomic mass is 9.92. The van der Waals surface area contributed by atoms with Gasteiger partial charge < -0.3 is 0 Å². The summed E-state index contributed by atoms with van der Waals surface area (Å²) in [5, 5.41) is 13.0. The molecule has 0 unspecified atom stereocenters. The van der Waals surface area contributed by atoms with E-state index < -0.39 is 0 Å². The first-order valence-electron chi connectivity index (χ1n) is 18.2. The summed E-state index contributed by atoms with van der Waals surface area (Å²) in [6, 6.07) is 64.0. The average Bonchev–Trinajstić information content (AvgIpc) is 3.25. The summed E-state index contributed by atoms with van der Waals surface area (Å²) in [4.78, 5) is 20.7. The smallest absolute Gasteiger partial charge is 0.164 e. The largest absolute Gasteiger partial charge is 0.246 e. The molecule has 11 rings (SSSR count). The molecule has 4 nitrogen and oxygen atoms in total. The molecule has 54 heavy (non-hydrogen) atoms. The van der Waals surface area contributed by atoms with Gasteiger partial charge in [-0.2, -0.15) is 0 Å². The quantitative estimate of drug-likeness (QED) is 0.173. The molecule has 250 valence electrons. The molecule has 4 heteroatoms. The number of hydrogen-bond donors (Lipinski definition) is 0. The van der Waals surface area contributed by atoms with Crippen molar-refractivity contribution in [2.24, 2.45) is 0 Å². The second-order valence-corrected chi connectivity index (χ2v) is 13.8. The first-order chi connectivity index (χ1) is 26.7. The maximum absolute atomic E-state index is 5.47. The molecule has 0 aliphatic carbocycles. The minimum atomic E-state index is 0.622. The molecule has 2 aromatic heterocycles.